The number of carbonyl (C=O) groups is 4. The molecular formula is C25H33N5O4. The van der Waals surface area contributed by atoms with Crippen LogP contribution in [0.3, 0.4) is 0 Å². The second kappa shape index (κ2) is 9.02. The van der Waals surface area contributed by atoms with Crippen LogP contribution in [0.4, 0.5) is 4.79 Å². The summed E-state index contributed by atoms with van der Waals surface area (Å²) in [5.74, 6) is -0.411. The van der Waals surface area contributed by atoms with Crippen LogP contribution in [-0.4, -0.2) is 95.2 Å². The van der Waals surface area contributed by atoms with Crippen LogP contribution in [0.2, 0.25) is 0 Å². The van der Waals surface area contributed by atoms with Gasteiger partial charge in [-0.2, -0.15) is 0 Å². The van der Waals surface area contributed by atoms with Gasteiger partial charge in [-0.25, -0.2) is 4.79 Å². The second-order valence-corrected chi connectivity index (χ2v) is 9.97. The molecule has 3 aliphatic heterocycles. The molecule has 34 heavy (non-hydrogen) atoms. The fourth-order valence-corrected chi connectivity index (χ4v) is 5.87. The molecule has 9 nitrogen and oxygen atoms in total. The van der Waals surface area contributed by atoms with Crippen LogP contribution in [-0.2, 0) is 26.3 Å². The minimum absolute atomic E-state index is 0.161. The summed E-state index contributed by atoms with van der Waals surface area (Å²) in [7, 11) is 0. The third kappa shape index (κ3) is 3.96. The summed E-state index contributed by atoms with van der Waals surface area (Å²) < 4.78 is 0. The van der Waals surface area contributed by atoms with Gasteiger partial charge in [0.1, 0.15) is 12.1 Å². The number of amides is 5. The first-order valence-electron chi connectivity index (χ1n) is 12.4. The van der Waals surface area contributed by atoms with Crippen molar-refractivity contribution < 1.29 is 19.2 Å². The van der Waals surface area contributed by atoms with Gasteiger partial charge in [-0.05, 0) is 50.2 Å². The van der Waals surface area contributed by atoms with Crippen molar-refractivity contribution in [2.24, 2.45) is 0 Å². The Morgan fingerprint density at radius 2 is 1.76 bits per heavy atom. The van der Waals surface area contributed by atoms with E-state index in [1.165, 1.54) is 6.42 Å². The quantitative estimate of drug-likeness (QED) is 0.665. The number of imide groups is 1. The molecule has 1 spiro atoms. The molecule has 5 amide bonds. The van der Waals surface area contributed by atoms with E-state index in [-0.39, 0.29) is 24.3 Å². The number of carbonyl (C=O) groups excluding carboxylic acids is 4. The van der Waals surface area contributed by atoms with Gasteiger partial charge in [0.2, 0.25) is 11.8 Å². The van der Waals surface area contributed by atoms with E-state index in [9.17, 15) is 19.2 Å². The molecule has 0 saturated carbocycles. The number of urea groups is 1. The summed E-state index contributed by atoms with van der Waals surface area (Å²) in [5, 5.41) is 2.87. The largest absolute Gasteiger partial charge is 0.339 e. The van der Waals surface area contributed by atoms with Crippen molar-refractivity contribution in [2.45, 2.75) is 50.6 Å². The van der Waals surface area contributed by atoms with Crippen LogP contribution in [0.25, 0.3) is 0 Å². The molecule has 1 aromatic rings. The summed E-state index contributed by atoms with van der Waals surface area (Å²) in [6, 6.07) is 7.46. The van der Waals surface area contributed by atoms with Gasteiger partial charge in [0.15, 0.2) is 0 Å². The molecule has 1 aliphatic carbocycles. The van der Waals surface area contributed by atoms with E-state index in [0.29, 0.717) is 45.2 Å². The second-order valence-electron chi connectivity index (χ2n) is 9.97. The van der Waals surface area contributed by atoms with Gasteiger partial charge in [-0.15, -0.1) is 0 Å². The average Bonchev–Trinajstić information content (AvgIpc) is 3.32. The van der Waals surface area contributed by atoms with Gasteiger partial charge in [-0.3, -0.25) is 24.2 Å². The van der Waals surface area contributed by atoms with E-state index in [4.69, 9.17) is 0 Å². The Kier molecular flexibility index (Phi) is 6.06. The maximum Gasteiger partial charge on any atom is 0.325 e. The van der Waals surface area contributed by atoms with E-state index in [1.54, 1.807) is 4.90 Å². The predicted molar refractivity (Wildman–Crippen MR) is 125 cm³/mol. The third-order valence-electron chi connectivity index (χ3n) is 7.92. The van der Waals surface area contributed by atoms with Crippen molar-refractivity contribution in [2.75, 3.05) is 45.8 Å². The number of hydrogen-bond acceptors (Lipinski definition) is 5. The van der Waals surface area contributed by atoms with Crippen molar-refractivity contribution in [1.82, 2.24) is 24.9 Å². The van der Waals surface area contributed by atoms with Crippen LogP contribution >= 0.6 is 0 Å². The number of hydrogen-bond donors (Lipinski definition) is 1. The standard InChI is InChI=1S/C25H33N5O4/c1-18-6-4-5-11-29(18)22(32)16-27-12-14-28(15-13-27)21(31)17-30-23(33)25(26-24(30)34)10-9-19-7-2-3-8-20(19)25/h2-3,7-8,18H,4-6,9-17H2,1H3,(H,26,34). The minimum Gasteiger partial charge on any atom is -0.339 e. The first-order chi connectivity index (χ1) is 16.4. The lowest BCUT2D eigenvalue weighted by Crippen LogP contribution is -2.54. The first kappa shape index (κ1) is 22.8. The maximum atomic E-state index is 13.3. The van der Waals surface area contributed by atoms with Crippen LogP contribution < -0.4 is 5.32 Å². The smallest absolute Gasteiger partial charge is 0.325 e. The zero-order chi connectivity index (χ0) is 23.9. The number of aryl methyl sites for hydroxylation is 1. The topological polar surface area (TPSA) is 93.3 Å². The SMILES string of the molecule is CC1CCCCN1C(=O)CN1CCN(C(=O)CN2C(=O)NC3(CCc4ccccc43)C2=O)CC1. The average molecular weight is 468 g/mol. The van der Waals surface area contributed by atoms with Gasteiger partial charge in [-0.1, -0.05) is 24.3 Å². The fraction of sp³-hybridized carbons (Fsp3) is 0.600. The number of rotatable bonds is 4. The highest BCUT2D eigenvalue weighted by Crippen LogP contribution is 2.41. The predicted octanol–water partition coefficient (Wildman–Crippen LogP) is 0.925. The summed E-state index contributed by atoms with van der Waals surface area (Å²) >= 11 is 0. The molecule has 3 fully saturated rings. The highest BCUT2D eigenvalue weighted by Gasteiger charge is 2.55. The molecule has 0 bridgehead atoms. The Morgan fingerprint density at radius 1 is 1.00 bits per heavy atom. The number of piperazine rings is 1. The number of nitrogens with one attached hydrogen (secondary N) is 1. The van der Waals surface area contributed by atoms with Gasteiger partial charge in [0.05, 0.1) is 6.54 Å². The molecule has 1 aromatic carbocycles. The minimum atomic E-state index is -1.04. The monoisotopic (exact) mass is 467 g/mol. The van der Waals surface area contributed by atoms with Crippen LogP contribution in [0.5, 0.6) is 0 Å². The number of fused-ring (bicyclic) bond motifs is 2. The van der Waals surface area contributed by atoms with Gasteiger partial charge in [0.25, 0.3) is 5.91 Å². The van der Waals surface area contributed by atoms with E-state index < -0.39 is 11.6 Å². The molecule has 0 radical (unpaired) electrons. The Hall–Kier alpha value is -2.94. The zero-order valence-electron chi connectivity index (χ0n) is 19.8. The van der Waals surface area contributed by atoms with Gasteiger partial charge >= 0.3 is 6.03 Å². The summed E-state index contributed by atoms with van der Waals surface area (Å²) in [6.07, 6.45) is 4.54. The molecule has 3 heterocycles. The Bertz CT molecular complexity index is 1000. The first-order valence-corrected chi connectivity index (χ1v) is 12.4. The third-order valence-corrected chi connectivity index (χ3v) is 7.92. The molecule has 0 aromatic heterocycles. The van der Waals surface area contributed by atoms with E-state index in [0.717, 1.165) is 41.8 Å². The Labute approximate surface area is 200 Å². The lowest BCUT2D eigenvalue weighted by molar-refractivity contribution is -0.141. The molecular weight excluding hydrogens is 434 g/mol. The summed E-state index contributed by atoms with van der Waals surface area (Å²) in [6.45, 7) is 5.25. The molecule has 1 N–H and O–H groups in total. The van der Waals surface area contributed by atoms with Crippen molar-refractivity contribution in [3.8, 4) is 0 Å². The van der Waals surface area contributed by atoms with Crippen molar-refractivity contribution in [3.63, 3.8) is 0 Å². The number of benzene rings is 1. The molecule has 2 atom stereocenters. The van der Waals surface area contributed by atoms with Crippen LogP contribution in [0.15, 0.2) is 24.3 Å². The molecule has 3 saturated heterocycles. The highest BCUT2D eigenvalue weighted by atomic mass is 16.2. The normalized spacial score (nSPS) is 27.3. The van der Waals surface area contributed by atoms with Gasteiger partial charge in [0, 0.05) is 38.8 Å². The fourth-order valence-electron chi connectivity index (χ4n) is 5.87. The van der Waals surface area contributed by atoms with Crippen molar-refractivity contribution >= 4 is 23.8 Å². The Balaban J connectivity index is 1.15. The van der Waals surface area contributed by atoms with Crippen molar-refractivity contribution in [3.05, 3.63) is 35.4 Å². The lowest BCUT2D eigenvalue weighted by atomic mass is 9.92. The van der Waals surface area contributed by atoms with Crippen LogP contribution in [0.1, 0.15) is 43.7 Å². The number of nitrogens with zero attached hydrogens (tertiary/aromatic N) is 4. The van der Waals surface area contributed by atoms with Gasteiger partial charge < -0.3 is 15.1 Å². The molecule has 4 aliphatic rings. The zero-order valence-corrected chi connectivity index (χ0v) is 19.8. The molecule has 2 unspecified atom stereocenters. The molecule has 9 heteroatoms. The highest BCUT2D eigenvalue weighted by molar-refractivity contribution is 6.09. The molecule has 182 valence electrons. The van der Waals surface area contributed by atoms with E-state index in [2.05, 4.69) is 17.1 Å². The molecule has 5 rings (SSSR count). The number of piperidine rings is 1. The van der Waals surface area contributed by atoms with E-state index >= 15 is 0 Å². The summed E-state index contributed by atoms with van der Waals surface area (Å²) in [4.78, 5) is 58.5. The Morgan fingerprint density at radius 3 is 2.53 bits per heavy atom. The number of likely N-dealkylation sites (tertiary alicyclic amines) is 1. The maximum absolute atomic E-state index is 13.3. The lowest BCUT2D eigenvalue weighted by Gasteiger charge is -2.38. The summed E-state index contributed by atoms with van der Waals surface area (Å²) in [5.41, 5.74) is 0.858. The van der Waals surface area contributed by atoms with E-state index in [1.807, 2.05) is 29.2 Å². The van der Waals surface area contributed by atoms with Crippen molar-refractivity contribution in [1.29, 1.82) is 0 Å². The van der Waals surface area contributed by atoms with Crippen LogP contribution in [0, 0.1) is 0 Å².